The topological polar surface area (TPSA) is 43.8 Å². The van der Waals surface area contributed by atoms with Crippen LogP contribution in [0.3, 0.4) is 0 Å². The molecule has 0 bridgehead atoms. The van der Waals surface area contributed by atoms with Crippen LogP contribution in [0.1, 0.15) is 5.56 Å². The molecule has 90 valence electrons. The summed E-state index contributed by atoms with van der Waals surface area (Å²) in [6, 6.07) is 0.158. The van der Waals surface area contributed by atoms with E-state index in [0.29, 0.717) is 0 Å². The Bertz CT molecular complexity index is 539. The summed E-state index contributed by atoms with van der Waals surface area (Å²) in [6.45, 7) is -0.441. The first-order chi connectivity index (χ1) is 7.99. The summed E-state index contributed by atoms with van der Waals surface area (Å²) in [5.41, 5.74) is 4.90. The second-order valence-corrected chi connectivity index (χ2v) is 3.42. The summed E-state index contributed by atoms with van der Waals surface area (Å²) in [7, 11) is 0. The average Bonchev–Trinajstić information content (AvgIpc) is 2.68. The number of halogens is 4. The number of hydrogen-bond acceptors (Lipinski definition) is 2. The molecular formula is C10H7F4N3. The zero-order valence-electron chi connectivity index (χ0n) is 8.42. The highest BCUT2D eigenvalue weighted by Gasteiger charge is 2.19. The van der Waals surface area contributed by atoms with Crippen LogP contribution in [0.2, 0.25) is 0 Å². The van der Waals surface area contributed by atoms with E-state index in [9.17, 15) is 17.6 Å². The molecule has 0 aliphatic carbocycles. The number of anilines is 1. The maximum absolute atomic E-state index is 13.3. The Morgan fingerprint density at radius 1 is 1.12 bits per heavy atom. The number of rotatable bonds is 2. The first-order valence-electron chi connectivity index (χ1n) is 4.59. The maximum atomic E-state index is 13.3. The van der Waals surface area contributed by atoms with Gasteiger partial charge in [-0.3, -0.25) is 4.68 Å². The summed E-state index contributed by atoms with van der Waals surface area (Å²) in [5, 5.41) is 3.67. The number of hydrogen-bond donors (Lipinski definition) is 1. The Labute approximate surface area is 93.5 Å². The number of nitrogens with two attached hydrogens (primary N) is 1. The zero-order chi connectivity index (χ0) is 12.6. The van der Waals surface area contributed by atoms with Gasteiger partial charge in [0.05, 0.1) is 24.0 Å². The quantitative estimate of drug-likeness (QED) is 0.650. The number of nitrogen functional groups attached to an aromatic ring is 1. The molecule has 0 unspecified atom stereocenters. The summed E-state index contributed by atoms with van der Waals surface area (Å²) >= 11 is 0. The largest absolute Gasteiger partial charge is 0.396 e. The van der Waals surface area contributed by atoms with Crippen molar-refractivity contribution in [2.24, 2.45) is 0 Å². The monoisotopic (exact) mass is 245 g/mol. The molecule has 0 aliphatic rings. The van der Waals surface area contributed by atoms with E-state index in [1.807, 2.05) is 0 Å². The van der Waals surface area contributed by atoms with Crippen molar-refractivity contribution in [3.8, 4) is 0 Å². The van der Waals surface area contributed by atoms with Gasteiger partial charge in [-0.05, 0) is 0 Å². The standard InChI is InChI=1S/C10H7F4N3/c11-7-1-8(12)10(14)6(9(7)13)4-17-3-5(15)2-16-17/h1-3H,4,15H2. The molecule has 17 heavy (non-hydrogen) atoms. The van der Waals surface area contributed by atoms with E-state index in [1.54, 1.807) is 0 Å². The average molecular weight is 245 g/mol. The van der Waals surface area contributed by atoms with Crippen LogP contribution in [-0.2, 0) is 6.54 Å². The van der Waals surface area contributed by atoms with E-state index in [2.05, 4.69) is 5.10 Å². The molecule has 0 aliphatic heterocycles. The molecule has 0 amide bonds. The van der Waals surface area contributed by atoms with Crippen molar-refractivity contribution < 1.29 is 17.6 Å². The third kappa shape index (κ3) is 2.08. The van der Waals surface area contributed by atoms with Crippen molar-refractivity contribution in [3.05, 3.63) is 47.3 Å². The predicted molar refractivity (Wildman–Crippen MR) is 52.0 cm³/mol. The first-order valence-corrected chi connectivity index (χ1v) is 4.59. The predicted octanol–water partition coefficient (Wildman–Crippen LogP) is 2.07. The molecular weight excluding hydrogens is 238 g/mol. The second-order valence-electron chi connectivity index (χ2n) is 3.42. The van der Waals surface area contributed by atoms with E-state index in [1.165, 1.54) is 12.4 Å². The van der Waals surface area contributed by atoms with Crippen molar-refractivity contribution in [2.75, 3.05) is 5.73 Å². The minimum absolute atomic E-state index is 0.158. The van der Waals surface area contributed by atoms with Crippen molar-refractivity contribution in [2.45, 2.75) is 6.54 Å². The van der Waals surface area contributed by atoms with Gasteiger partial charge in [-0.1, -0.05) is 0 Å². The molecule has 2 rings (SSSR count). The summed E-state index contributed by atoms with van der Waals surface area (Å²) < 4.78 is 53.4. The van der Waals surface area contributed by atoms with Crippen molar-refractivity contribution in [3.63, 3.8) is 0 Å². The summed E-state index contributed by atoms with van der Waals surface area (Å²) in [4.78, 5) is 0. The van der Waals surface area contributed by atoms with E-state index in [0.717, 1.165) is 4.68 Å². The number of nitrogens with zero attached hydrogens (tertiary/aromatic N) is 2. The number of aromatic nitrogens is 2. The van der Waals surface area contributed by atoms with Gasteiger partial charge in [0.1, 0.15) is 0 Å². The van der Waals surface area contributed by atoms with E-state index in [-0.39, 0.29) is 11.8 Å². The Morgan fingerprint density at radius 2 is 1.71 bits per heavy atom. The van der Waals surface area contributed by atoms with Gasteiger partial charge in [0, 0.05) is 12.3 Å². The van der Waals surface area contributed by atoms with Gasteiger partial charge in [0.2, 0.25) is 0 Å². The van der Waals surface area contributed by atoms with Gasteiger partial charge in [-0.2, -0.15) is 5.10 Å². The van der Waals surface area contributed by atoms with Crippen molar-refractivity contribution in [1.29, 1.82) is 0 Å². The van der Waals surface area contributed by atoms with Gasteiger partial charge >= 0.3 is 0 Å². The van der Waals surface area contributed by atoms with Gasteiger partial charge in [-0.25, -0.2) is 17.6 Å². The lowest BCUT2D eigenvalue weighted by Gasteiger charge is -2.06. The Kier molecular flexibility index (Phi) is 2.74. The highest BCUT2D eigenvalue weighted by molar-refractivity contribution is 5.31. The van der Waals surface area contributed by atoms with Gasteiger partial charge in [-0.15, -0.1) is 0 Å². The van der Waals surface area contributed by atoms with Crippen LogP contribution in [0.5, 0.6) is 0 Å². The Hall–Kier alpha value is -2.05. The molecule has 2 N–H and O–H groups in total. The molecule has 7 heteroatoms. The fraction of sp³-hybridized carbons (Fsp3) is 0.100. The smallest absolute Gasteiger partial charge is 0.167 e. The summed E-state index contributed by atoms with van der Waals surface area (Å²) in [5.74, 6) is -5.76. The van der Waals surface area contributed by atoms with Gasteiger partial charge < -0.3 is 5.73 Å². The molecule has 1 heterocycles. The lowest BCUT2D eigenvalue weighted by molar-refractivity contribution is 0.431. The fourth-order valence-electron chi connectivity index (χ4n) is 1.39. The second kappa shape index (κ2) is 4.08. The maximum Gasteiger partial charge on any atom is 0.167 e. The minimum atomic E-state index is -1.45. The highest BCUT2D eigenvalue weighted by Crippen LogP contribution is 2.20. The molecule has 2 aromatic rings. The Morgan fingerprint density at radius 3 is 2.18 bits per heavy atom. The van der Waals surface area contributed by atoms with E-state index < -0.39 is 35.4 Å². The van der Waals surface area contributed by atoms with Crippen LogP contribution in [0.25, 0.3) is 0 Å². The molecule has 3 nitrogen and oxygen atoms in total. The fourth-order valence-corrected chi connectivity index (χ4v) is 1.39. The third-order valence-corrected chi connectivity index (χ3v) is 2.18. The third-order valence-electron chi connectivity index (χ3n) is 2.18. The van der Waals surface area contributed by atoms with Crippen molar-refractivity contribution >= 4 is 5.69 Å². The summed E-state index contributed by atoms with van der Waals surface area (Å²) in [6.07, 6.45) is 2.55. The van der Waals surface area contributed by atoms with Crippen LogP contribution in [0, 0.1) is 23.3 Å². The highest BCUT2D eigenvalue weighted by atomic mass is 19.2. The SMILES string of the molecule is Nc1cnn(Cc2c(F)c(F)cc(F)c2F)c1. The minimum Gasteiger partial charge on any atom is -0.396 e. The van der Waals surface area contributed by atoms with E-state index >= 15 is 0 Å². The number of benzene rings is 1. The lowest BCUT2D eigenvalue weighted by atomic mass is 10.2. The van der Waals surface area contributed by atoms with Gasteiger partial charge in [0.25, 0.3) is 0 Å². The first kappa shape index (κ1) is 11.4. The molecule has 0 radical (unpaired) electrons. The van der Waals surface area contributed by atoms with Crippen LogP contribution < -0.4 is 5.73 Å². The molecule has 0 saturated heterocycles. The Balaban J connectivity index is 2.45. The van der Waals surface area contributed by atoms with Crippen LogP contribution in [0.15, 0.2) is 18.5 Å². The molecule has 0 atom stereocenters. The van der Waals surface area contributed by atoms with Crippen molar-refractivity contribution in [1.82, 2.24) is 9.78 Å². The molecule has 0 saturated carbocycles. The molecule has 0 fully saturated rings. The molecule has 1 aromatic heterocycles. The van der Waals surface area contributed by atoms with Crippen LogP contribution >= 0.6 is 0 Å². The van der Waals surface area contributed by atoms with Crippen LogP contribution in [0.4, 0.5) is 23.2 Å². The van der Waals surface area contributed by atoms with E-state index in [4.69, 9.17) is 5.73 Å². The van der Waals surface area contributed by atoms with Gasteiger partial charge in [0.15, 0.2) is 23.3 Å². The molecule has 1 aromatic carbocycles. The lowest BCUT2D eigenvalue weighted by Crippen LogP contribution is -2.08. The zero-order valence-corrected chi connectivity index (χ0v) is 8.42. The van der Waals surface area contributed by atoms with Crippen LogP contribution in [-0.4, -0.2) is 9.78 Å². The normalized spacial score (nSPS) is 10.8. The molecule has 0 spiro atoms.